The number of carbonyl (C=O) groups is 2. The fourth-order valence-corrected chi connectivity index (χ4v) is 8.48. The third kappa shape index (κ3) is 8.46. The van der Waals surface area contributed by atoms with Gasteiger partial charge in [0.2, 0.25) is 0 Å². The van der Waals surface area contributed by atoms with E-state index in [1.54, 1.807) is 46.1 Å². The molecule has 306 valence electrons. The maximum Gasteiger partial charge on any atom is 0.413 e. The maximum atomic E-state index is 16.7. The highest BCUT2D eigenvalue weighted by molar-refractivity contribution is 7.22. The molecule has 3 heterocycles. The van der Waals surface area contributed by atoms with Crippen LogP contribution in [0, 0.1) is 11.6 Å². The third-order valence-corrected chi connectivity index (χ3v) is 11.5. The van der Waals surface area contributed by atoms with Gasteiger partial charge in [0.1, 0.15) is 28.7 Å². The molecule has 1 aliphatic rings. The van der Waals surface area contributed by atoms with Crippen molar-refractivity contribution in [1.82, 2.24) is 14.9 Å². The molecule has 59 heavy (non-hydrogen) atoms. The Balaban J connectivity index is 1.22. The summed E-state index contributed by atoms with van der Waals surface area (Å²) in [6, 6.07) is 21.4. The number of hydrogen-bond acceptors (Lipinski definition) is 10. The van der Waals surface area contributed by atoms with Crippen LogP contribution in [0.2, 0.25) is 5.02 Å². The molecule has 0 saturated carbocycles. The number of pyridine rings is 1. The summed E-state index contributed by atoms with van der Waals surface area (Å²) >= 11 is 7.87. The Labute approximate surface area is 349 Å². The summed E-state index contributed by atoms with van der Waals surface area (Å²) in [5, 5.41) is 2.54. The van der Waals surface area contributed by atoms with E-state index in [-0.39, 0.29) is 55.7 Å². The fraction of sp³-hybridized carbons (Fsp3) is 0.273. The minimum atomic E-state index is -0.939. The van der Waals surface area contributed by atoms with Gasteiger partial charge in [0, 0.05) is 42.5 Å². The molecule has 6 aromatic rings. The fourth-order valence-electron chi connectivity index (χ4n) is 7.22. The second-order valence-corrected chi connectivity index (χ2v) is 16.5. The molecule has 7 rings (SSSR count). The zero-order valence-electron chi connectivity index (χ0n) is 33.4. The van der Waals surface area contributed by atoms with Crippen molar-refractivity contribution in [1.29, 1.82) is 0 Å². The number of ether oxygens (including phenoxy) is 3. The van der Waals surface area contributed by atoms with Gasteiger partial charge in [-0.25, -0.2) is 23.5 Å². The number of nitrogens with zero attached hydrogens (tertiary/aromatic N) is 4. The first kappa shape index (κ1) is 41.2. The molecular formula is C44H43ClF2N6O5S. The van der Waals surface area contributed by atoms with E-state index in [2.05, 4.69) is 15.2 Å². The highest BCUT2D eigenvalue weighted by atomic mass is 35.5. The van der Waals surface area contributed by atoms with Gasteiger partial charge in [-0.05, 0) is 93.3 Å². The molecule has 0 bridgehead atoms. The maximum absolute atomic E-state index is 16.7. The molecule has 4 aromatic carbocycles. The lowest BCUT2D eigenvalue weighted by Gasteiger charge is -2.37. The minimum absolute atomic E-state index is 0.0258. The van der Waals surface area contributed by atoms with Crippen molar-refractivity contribution in [2.75, 3.05) is 36.7 Å². The molecular weight excluding hydrogens is 798 g/mol. The molecule has 0 radical (unpaired) electrons. The lowest BCUT2D eigenvalue weighted by Crippen LogP contribution is -2.41. The van der Waals surface area contributed by atoms with Crippen LogP contribution in [0.3, 0.4) is 0 Å². The highest BCUT2D eigenvalue weighted by Crippen LogP contribution is 2.46. The van der Waals surface area contributed by atoms with Crippen LogP contribution in [0.25, 0.3) is 21.3 Å². The number of hydrogen-bond donors (Lipinski definition) is 2. The van der Waals surface area contributed by atoms with Crippen molar-refractivity contribution in [2.24, 2.45) is 0 Å². The first-order valence-electron chi connectivity index (χ1n) is 18.8. The first-order valence-corrected chi connectivity index (χ1v) is 20.0. The van der Waals surface area contributed by atoms with Gasteiger partial charge in [-0.15, -0.1) is 0 Å². The Morgan fingerprint density at radius 2 is 1.61 bits per heavy atom. The van der Waals surface area contributed by atoms with Crippen molar-refractivity contribution >= 4 is 61.8 Å². The number of rotatable bonds is 11. The smallest absolute Gasteiger partial charge is 0.413 e. The van der Waals surface area contributed by atoms with E-state index in [0.29, 0.717) is 24.5 Å². The van der Waals surface area contributed by atoms with E-state index in [0.717, 1.165) is 39.5 Å². The van der Waals surface area contributed by atoms with E-state index >= 15 is 8.78 Å². The van der Waals surface area contributed by atoms with Crippen LogP contribution in [0.15, 0.2) is 79.0 Å². The zero-order chi connectivity index (χ0) is 42.2. The average Bonchev–Trinajstić information content (AvgIpc) is 3.64. The second kappa shape index (κ2) is 16.7. The molecule has 11 nitrogen and oxygen atoms in total. The largest absolute Gasteiger partial charge is 0.497 e. The van der Waals surface area contributed by atoms with Crippen molar-refractivity contribution in [3.8, 4) is 22.6 Å². The average molecular weight is 841 g/mol. The third-order valence-electron chi connectivity index (χ3n) is 10.1. The minimum Gasteiger partial charge on any atom is -0.497 e. The lowest BCUT2D eigenvalue weighted by atomic mass is 9.90. The summed E-state index contributed by atoms with van der Waals surface area (Å²) < 4.78 is 47.9. The molecule has 0 fully saturated rings. The topological polar surface area (TPSA) is 132 Å². The van der Waals surface area contributed by atoms with Gasteiger partial charge in [0.15, 0.2) is 10.9 Å². The first-order chi connectivity index (χ1) is 28.2. The monoisotopic (exact) mass is 840 g/mol. The molecule has 1 aliphatic heterocycles. The number of fused-ring (bicyclic) bond motifs is 2. The number of amides is 2. The normalized spacial score (nSPS) is 13.2. The predicted octanol–water partition coefficient (Wildman–Crippen LogP) is 10.2. The van der Waals surface area contributed by atoms with Crippen molar-refractivity contribution in [3.63, 3.8) is 0 Å². The predicted molar refractivity (Wildman–Crippen MR) is 228 cm³/mol. The van der Waals surface area contributed by atoms with Crippen molar-refractivity contribution in [3.05, 3.63) is 123 Å². The number of carbonyl (C=O) groups excluding carboxylic acids is 2. The van der Waals surface area contributed by atoms with E-state index in [9.17, 15) is 9.59 Å². The van der Waals surface area contributed by atoms with Gasteiger partial charge >= 0.3 is 6.09 Å². The zero-order valence-corrected chi connectivity index (χ0v) is 34.9. The molecule has 3 N–H and O–H groups in total. The number of halogens is 3. The number of nitrogen functional groups attached to an aromatic ring is 1. The second-order valence-electron chi connectivity index (χ2n) is 15.1. The number of nitrogens with two attached hydrogens (primary N) is 1. The van der Waals surface area contributed by atoms with Crippen LogP contribution in [-0.2, 0) is 24.2 Å². The lowest BCUT2D eigenvalue weighted by molar-refractivity contribution is 0.0633. The highest BCUT2D eigenvalue weighted by Gasteiger charge is 2.37. The van der Waals surface area contributed by atoms with E-state index in [1.807, 2.05) is 67.6 Å². The van der Waals surface area contributed by atoms with E-state index in [1.165, 1.54) is 12.1 Å². The van der Waals surface area contributed by atoms with Crippen LogP contribution in [0.4, 0.5) is 30.2 Å². The van der Waals surface area contributed by atoms with Crippen LogP contribution in [0.1, 0.15) is 66.3 Å². The number of methoxy groups -OCH3 is 2. The van der Waals surface area contributed by atoms with E-state index < -0.39 is 35.3 Å². The SMILES string of the molecule is COc1ccc(CN(Cc2ccc(OC)cc2)c2ncccc2C(C)N2CCc3c(Cl)c(-c4ccc(F)c5sc(NC(=O)OC(C)(C)C)nc45)c(F)c(N)c3C2=O)cc1. The summed E-state index contributed by atoms with van der Waals surface area (Å²) in [6.45, 7) is 8.26. The Hall–Kier alpha value is -5.99. The molecule has 2 aromatic heterocycles. The Morgan fingerprint density at radius 3 is 2.20 bits per heavy atom. The molecule has 15 heteroatoms. The standard InChI is InChI=1S/C44H43ClF2N6O5S/c1-24(29-8-7-20-49-40(29)52(22-25-9-13-27(56-5)14-10-25)23-26-11-15-28(57-6)16-12-26)53-21-19-30-34(41(53)54)37(48)36(47)33(35(30)45)31-17-18-32(46)39-38(31)50-42(59-39)51-43(55)58-44(2,3)4/h7-18,20,24H,19,21-23,48H2,1-6H3,(H,50,51,55). The number of nitrogens with one attached hydrogen (secondary N) is 1. The Bertz CT molecular complexity index is 2500. The Kier molecular flexibility index (Phi) is 11.7. The van der Waals surface area contributed by atoms with Gasteiger partial charge in [-0.1, -0.05) is 53.3 Å². The Morgan fingerprint density at radius 1 is 0.983 bits per heavy atom. The van der Waals surface area contributed by atoms with Gasteiger partial charge in [0.05, 0.1) is 46.8 Å². The number of thiazole rings is 1. The number of benzene rings is 4. The van der Waals surface area contributed by atoms with E-state index in [4.69, 9.17) is 36.5 Å². The van der Waals surface area contributed by atoms with Crippen LogP contribution < -0.4 is 25.4 Å². The van der Waals surface area contributed by atoms with Gasteiger partial charge in [-0.2, -0.15) is 0 Å². The van der Waals surface area contributed by atoms with Crippen molar-refractivity contribution < 1.29 is 32.6 Å². The number of aromatic nitrogens is 2. The van der Waals surface area contributed by atoms with Crippen molar-refractivity contribution in [2.45, 2.75) is 58.8 Å². The molecule has 0 saturated heterocycles. The molecule has 1 unspecified atom stereocenters. The van der Waals surface area contributed by atoms with Gasteiger partial charge < -0.3 is 29.7 Å². The molecule has 2 amide bonds. The summed E-state index contributed by atoms with van der Waals surface area (Å²) in [6.07, 6.45) is 1.19. The molecule has 1 atom stereocenters. The quantitative estimate of drug-likeness (QED) is 0.122. The summed E-state index contributed by atoms with van der Waals surface area (Å²) in [7, 11) is 3.24. The summed E-state index contributed by atoms with van der Waals surface area (Å²) in [4.78, 5) is 40.1. The molecule has 0 spiro atoms. The number of anilines is 3. The summed E-state index contributed by atoms with van der Waals surface area (Å²) in [5.41, 5.74) is 8.62. The van der Waals surface area contributed by atoms with Crippen LogP contribution in [-0.4, -0.2) is 53.2 Å². The summed E-state index contributed by atoms with van der Waals surface area (Å²) in [5.74, 6) is 0.0999. The van der Waals surface area contributed by atoms with Crippen LogP contribution >= 0.6 is 22.9 Å². The van der Waals surface area contributed by atoms with Crippen LogP contribution in [0.5, 0.6) is 11.5 Å². The van der Waals surface area contributed by atoms with Gasteiger partial charge in [0.25, 0.3) is 5.91 Å². The molecule has 0 aliphatic carbocycles. The van der Waals surface area contributed by atoms with Gasteiger partial charge in [-0.3, -0.25) is 10.1 Å².